The van der Waals surface area contributed by atoms with E-state index in [1.807, 2.05) is 6.07 Å². The van der Waals surface area contributed by atoms with Gasteiger partial charge in [0.05, 0.1) is 21.2 Å². The molecule has 144 valence electrons. The summed E-state index contributed by atoms with van der Waals surface area (Å²) in [6.45, 7) is 2.94. The van der Waals surface area contributed by atoms with Crippen LogP contribution in [0.3, 0.4) is 0 Å². The third kappa shape index (κ3) is 3.91. The first-order valence-corrected chi connectivity index (χ1v) is 9.86. The minimum atomic E-state index is -0.720. The predicted octanol–water partition coefficient (Wildman–Crippen LogP) is 5.12. The Labute approximate surface area is 169 Å². The molecule has 2 aromatic carbocycles. The molecule has 0 saturated carbocycles. The maximum absolute atomic E-state index is 14.6. The van der Waals surface area contributed by atoms with Gasteiger partial charge in [-0.3, -0.25) is 14.7 Å². The molecule has 0 radical (unpaired) electrons. The fourth-order valence-corrected chi connectivity index (χ4v) is 3.81. The predicted molar refractivity (Wildman–Crippen MR) is 108 cm³/mol. The fourth-order valence-electron chi connectivity index (χ4n) is 3.44. The molecule has 1 aliphatic rings. The van der Waals surface area contributed by atoms with E-state index in [1.165, 1.54) is 37.1 Å². The number of rotatable bonds is 4. The molecule has 7 heteroatoms. The summed E-state index contributed by atoms with van der Waals surface area (Å²) in [4.78, 5) is 19.1. The number of halogens is 3. The van der Waals surface area contributed by atoms with Gasteiger partial charge >= 0.3 is 0 Å². The van der Waals surface area contributed by atoms with Crippen LogP contribution in [0.25, 0.3) is 10.9 Å². The van der Waals surface area contributed by atoms with Crippen LogP contribution in [0.2, 0.25) is 0 Å². The van der Waals surface area contributed by atoms with Crippen LogP contribution in [0.5, 0.6) is 0 Å². The summed E-state index contributed by atoms with van der Waals surface area (Å²) in [6.07, 6.45) is 4.19. The molecule has 0 unspecified atom stereocenters. The summed E-state index contributed by atoms with van der Waals surface area (Å²) in [5.74, 6) is -2.00. The second-order valence-corrected chi connectivity index (χ2v) is 7.76. The first-order chi connectivity index (χ1) is 13.5. The Morgan fingerprint density at radius 3 is 2.75 bits per heavy atom. The maximum Gasteiger partial charge on any atom is 0.258 e. The molecule has 4 rings (SSSR count). The van der Waals surface area contributed by atoms with E-state index in [0.29, 0.717) is 10.9 Å². The van der Waals surface area contributed by atoms with E-state index in [4.69, 9.17) is 0 Å². The van der Waals surface area contributed by atoms with Crippen LogP contribution in [0.4, 0.5) is 14.5 Å². The average molecular weight is 446 g/mol. The van der Waals surface area contributed by atoms with Crippen molar-refractivity contribution in [1.29, 1.82) is 0 Å². The summed E-state index contributed by atoms with van der Waals surface area (Å²) in [5, 5.41) is 3.10. The van der Waals surface area contributed by atoms with Crippen molar-refractivity contribution in [2.24, 2.45) is 0 Å². The van der Waals surface area contributed by atoms with Gasteiger partial charge in [-0.2, -0.15) is 0 Å². The van der Waals surface area contributed by atoms with Crippen LogP contribution in [0, 0.1) is 11.6 Å². The molecular weight excluding hydrogens is 428 g/mol. The van der Waals surface area contributed by atoms with E-state index in [1.54, 1.807) is 12.3 Å². The molecule has 0 aliphatic carbocycles. The van der Waals surface area contributed by atoms with E-state index < -0.39 is 17.5 Å². The lowest BCUT2D eigenvalue weighted by Crippen LogP contribution is -2.18. The number of carbonyl (C=O) groups excluding carboxylic acids is 1. The van der Waals surface area contributed by atoms with Crippen molar-refractivity contribution in [3.05, 3.63) is 69.8 Å². The zero-order valence-corrected chi connectivity index (χ0v) is 16.6. The number of hydrogen-bond acceptors (Lipinski definition) is 3. The van der Waals surface area contributed by atoms with E-state index >= 15 is 0 Å². The van der Waals surface area contributed by atoms with Gasteiger partial charge in [0.1, 0.15) is 11.6 Å². The minimum absolute atomic E-state index is 0.0309. The minimum Gasteiger partial charge on any atom is -0.319 e. The van der Waals surface area contributed by atoms with Crippen molar-refractivity contribution in [2.45, 2.75) is 19.4 Å². The molecule has 4 nitrogen and oxygen atoms in total. The van der Waals surface area contributed by atoms with Crippen molar-refractivity contribution in [3.8, 4) is 0 Å². The molecular formula is C21H18BrF2N3O. The molecule has 0 atom stereocenters. The smallest absolute Gasteiger partial charge is 0.258 e. The number of nitrogens with zero attached hydrogens (tertiary/aromatic N) is 2. The molecule has 1 amide bonds. The van der Waals surface area contributed by atoms with E-state index in [0.717, 1.165) is 25.2 Å². The zero-order chi connectivity index (χ0) is 19.7. The number of aromatic nitrogens is 1. The van der Waals surface area contributed by atoms with Gasteiger partial charge in [0, 0.05) is 18.1 Å². The van der Waals surface area contributed by atoms with Gasteiger partial charge in [0.15, 0.2) is 0 Å². The number of amides is 1. The van der Waals surface area contributed by atoms with E-state index in [9.17, 15) is 13.6 Å². The van der Waals surface area contributed by atoms with Gasteiger partial charge in [-0.15, -0.1) is 0 Å². The largest absolute Gasteiger partial charge is 0.319 e. The maximum atomic E-state index is 14.6. The van der Waals surface area contributed by atoms with Crippen LogP contribution in [0.15, 0.2) is 47.1 Å². The Morgan fingerprint density at radius 2 is 1.96 bits per heavy atom. The average Bonchev–Trinajstić information content (AvgIpc) is 3.17. The topological polar surface area (TPSA) is 45.2 Å². The molecule has 1 fully saturated rings. The second-order valence-electron chi connectivity index (χ2n) is 6.91. The molecule has 1 N–H and O–H groups in total. The van der Waals surface area contributed by atoms with Gasteiger partial charge < -0.3 is 5.32 Å². The molecule has 0 bridgehead atoms. The van der Waals surface area contributed by atoms with Gasteiger partial charge in [-0.1, -0.05) is 6.07 Å². The lowest BCUT2D eigenvalue weighted by molar-refractivity contribution is 0.102. The zero-order valence-electron chi connectivity index (χ0n) is 15.0. The second kappa shape index (κ2) is 7.93. The number of nitrogens with one attached hydrogen (secondary N) is 1. The summed E-state index contributed by atoms with van der Waals surface area (Å²) >= 11 is 3.04. The molecule has 28 heavy (non-hydrogen) atoms. The Kier molecular flexibility index (Phi) is 5.37. The highest BCUT2D eigenvalue weighted by Crippen LogP contribution is 2.25. The molecule has 0 spiro atoms. The number of benzene rings is 2. The van der Waals surface area contributed by atoms with Crippen LogP contribution < -0.4 is 5.32 Å². The highest BCUT2D eigenvalue weighted by atomic mass is 79.9. The summed E-state index contributed by atoms with van der Waals surface area (Å²) < 4.78 is 28.8. The van der Waals surface area contributed by atoms with Crippen molar-refractivity contribution in [2.75, 3.05) is 18.4 Å². The van der Waals surface area contributed by atoms with Crippen LogP contribution in [-0.4, -0.2) is 28.9 Å². The van der Waals surface area contributed by atoms with Crippen molar-refractivity contribution in [3.63, 3.8) is 0 Å². The van der Waals surface area contributed by atoms with Crippen molar-refractivity contribution < 1.29 is 13.6 Å². The highest BCUT2D eigenvalue weighted by molar-refractivity contribution is 9.10. The molecule has 3 aromatic rings. The van der Waals surface area contributed by atoms with Gasteiger partial charge in [0.25, 0.3) is 5.91 Å². The summed E-state index contributed by atoms with van der Waals surface area (Å²) in [5.41, 5.74) is 1.40. The number of anilines is 1. The lowest BCUT2D eigenvalue weighted by atomic mass is 10.1. The number of fused-ring (bicyclic) bond motifs is 1. The standard InChI is InChI=1S/C21H18BrF2N3O/c22-16-5-3-4-15(20(16)24)21(28)26-19-10-18-14(9-17(19)23)8-13(11-25-18)12-27-6-1-2-7-27/h3-5,8-11H,1-2,6-7,12H2,(H,26,28). The summed E-state index contributed by atoms with van der Waals surface area (Å²) in [7, 11) is 0. The fraction of sp³-hybridized carbons (Fsp3) is 0.238. The Bertz CT molecular complexity index is 1050. The monoisotopic (exact) mass is 445 g/mol. The SMILES string of the molecule is O=C(Nc1cc2ncc(CN3CCCC3)cc2cc1F)c1cccc(Br)c1F. The first-order valence-electron chi connectivity index (χ1n) is 9.07. The number of carbonyl (C=O) groups is 1. The third-order valence-corrected chi connectivity index (χ3v) is 5.49. The molecule has 1 aliphatic heterocycles. The normalized spacial score (nSPS) is 14.5. The van der Waals surface area contributed by atoms with Crippen LogP contribution in [-0.2, 0) is 6.54 Å². The third-order valence-electron chi connectivity index (χ3n) is 4.88. The van der Waals surface area contributed by atoms with Gasteiger partial charge in [-0.25, -0.2) is 8.78 Å². The first kappa shape index (κ1) is 19.0. The highest BCUT2D eigenvalue weighted by Gasteiger charge is 2.17. The Balaban J connectivity index is 1.58. The van der Waals surface area contributed by atoms with Gasteiger partial charge in [-0.05, 0) is 77.8 Å². The molecule has 1 aromatic heterocycles. The number of likely N-dealkylation sites (tertiary alicyclic amines) is 1. The van der Waals surface area contributed by atoms with Crippen molar-refractivity contribution in [1.82, 2.24) is 9.88 Å². The van der Waals surface area contributed by atoms with Crippen LogP contribution in [0.1, 0.15) is 28.8 Å². The summed E-state index contributed by atoms with van der Waals surface area (Å²) in [6, 6.07) is 9.12. The molecule has 1 saturated heterocycles. The number of hydrogen-bond donors (Lipinski definition) is 1. The Hall–Kier alpha value is -2.38. The van der Waals surface area contributed by atoms with Crippen LogP contribution >= 0.6 is 15.9 Å². The number of pyridine rings is 1. The van der Waals surface area contributed by atoms with E-state index in [-0.39, 0.29) is 15.7 Å². The quantitative estimate of drug-likeness (QED) is 0.605. The van der Waals surface area contributed by atoms with Crippen molar-refractivity contribution >= 4 is 38.4 Å². The molecule has 2 heterocycles. The van der Waals surface area contributed by atoms with Gasteiger partial charge in [0.2, 0.25) is 0 Å². The van der Waals surface area contributed by atoms with E-state index in [2.05, 4.69) is 31.1 Å². The lowest BCUT2D eigenvalue weighted by Gasteiger charge is -2.15. The Morgan fingerprint density at radius 1 is 1.18 bits per heavy atom.